The van der Waals surface area contributed by atoms with Crippen molar-refractivity contribution >= 4 is 11.9 Å². The van der Waals surface area contributed by atoms with Crippen molar-refractivity contribution < 1.29 is 67.8 Å². The van der Waals surface area contributed by atoms with Gasteiger partial charge in [0, 0.05) is 25.9 Å². The molecule has 2 heterocycles. The first-order valence-electron chi connectivity index (χ1n) is 38.9. The number of carbonyl (C=O) groups is 2. The first kappa shape index (κ1) is 91.3. The second kappa shape index (κ2) is 71.0. The number of nitrogens with zero attached hydrogens (tertiary/aromatic N) is 1. The number of rotatable bonds is 64. The van der Waals surface area contributed by atoms with E-state index in [2.05, 4.69) is 53.4 Å². The molecule has 2 aliphatic rings. The van der Waals surface area contributed by atoms with Crippen LogP contribution in [0.15, 0.2) is 0 Å². The molecule has 12 heteroatoms. The fourth-order valence-corrected chi connectivity index (χ4v) is 12.6. The number of esters is 2. The third-order valence-corrected chi connectivity index (χ3v) is 18.3. The number of carbonyl (C=O) groups excluding carboxylic acids is 2. The topological polar surface area (TPSA) is 155 Å². The van der Waals surface area contributed by atoms with E-state index in [1.165, 1.54) is 270 Å². The van der Waals surface area contributed by atoms with Crippen molar-refractivity contribution in [2.24, 2.45) is 0 Å². The number of hydrogen-bond acceptors (Lipinski definition) is 11. The molecule has 0 bridgehead atoms. The van der Waals surface area contributed by atoms with Gasteiger partial charge in [-0.05, 0) is 25.8 Å². The third-order valence-electron chi connectivity index (χ3n) is 18.3. The van der Waals surface area contributed by atoms with Gasteiger partial charge in [0.1, 0.15) is 12.2 Å². The largest absolute Gasteiger partial charge is 1.00 e. The zero-order valence-corrected chi connectivity index (χ0v) is 60.6. The van der Waals surface area contributed by atoms with Gasteiger partial charge in [-0.1, -0.05) is 361 Å². The van der Waals surface area contributed by atoms with E-state index in [1.54, 1.807) is 0 Å². The standard InChI is InChI=1S/C46H86NO8.2C16H33O.Li/c1-4-7-9-11-13-15-17-19-21-23-25-27-31-39(48)35-47(36-40(49)32-28-26-24-22-20-18-16-14-12-10-8-5-2)34-29-33-44(51)55-42-38-53-45-41(37-52-46(42)45)54-43(50)30-6-3;2*1-3-4-5-6-7-8-9-10-11-12-13-14-15-16(2)17;/h39-42,45-46,48-49H,3-38H2,1-2H3;2*16-17H,2-15H2,1H3;/q3*-1;+1/t39?,40?,41-,42+,45+,46+;;;/m0.../s1. The molecule has 0 aliphatic carbocycles. The van der Waals surface area contributed by atoms with Crippen LogP contribution in [0.25, 0.3) is 0 Å². The van der Waals surface area contributed by atoms with Crippen molar-refractivity contribution in [2.45, 2.75) is 436 Å². The minimum absolute atomic E-state index is 0. The fourth-order valence-electron chi connectivity index (χ4n) is 12.6. The Morgan fingerprint density at radius 2 is 0.611 bits per heavy atom. The molecule has 2 rings (SSSR count). The second-order valence-electron chi connectivity index (χ2n) is 27.4. The third kappa shape index (κ3) is 62.1. The number of unbranched alkanes of at least 4 members (excludes halogenated alkanes) is 44. The Labute approximate surface area is 571 Å². The van der Waals surface area contributed by atoms with Crippen LogP contribution >= 0.6 is 0 Å². The zero-order chi connectivity index (χ0) is 65.3. The molecule has 0 saturated carbocycles. The van der Waals surface area contributed by atoms with Crippen molar-refractivity contribution in [2.75, 3.05) is 32.8 Å². The van der Waals surface area contributed by atoms with Gasteiger partial charge in [-0.3, -0.25) is 14.5 Å². The Morgan fingerprint density at radius 3 is 0.856 bits per heavy atom. The molecule has 2 aliphatic heterocycles. The maximum absolute atomic E-state index is 12.9. The van der Waals surface area contributed by atoms with E-state index in [0.29, 0.717) is 32.5 Å². The molecule has 11 nitrogen and oxygen atoms in total. The molecule has 0 spiro atoms. The van der Waals surface area contributed by atoms with Crippen molar-refractivity contribution in [3.05, 3.63) is 20.8 Å². The maximum Gasteiger partial charge on any atom is 1.00 e. The number of ether oxygens (including phenoxy) is 4. The van der Waals surface area contributed by atoms with Gasteiger partial charge in [-0.25, -0.2) is 0 Å². The van der Waals surface area contributed by atoms with Crippen molar-refractivity contribution in [3.63, 3.8) is 0 Å². The van der Waals surface area contributed by atoms with Gasteiger partial charge >= 0.3 is 30.8 Å². The Morgan fingerprint density at radius 1 is 0.378 bits per heavy atom. The molecule has 0 aromatic rings. The summed E-state index contributed by atoms with van der Waals surface area (Å²) >= 11 is 0. The summed E-state index contributed by atoms with van der Waals surface area (Å²) in [6, 6.07) is 0. The monoisotopic (exact) mass is 1270 g/mol. The predicted molar refractivity (Wildman–Crippen MR) is 377 cm³/mol. The summed E-state index contributed by atoms with van der Waals surface area (Å²) in [5.41, 5.74) is 0. The molecule has 90 heavy (non-hydrogen) atoms. The smallest absolute Gasteiger partial charge is 0.457 e. The van der Waals surface area contributed by atoms with Crippen LogP contribution in [0.3, 0.4) is 0 Å². The number of aliphatic hydroxyl groups is 4. The molecule has 4 N–H and O–H groups in total. The Hall–Kier alpha value is -0.743. The van der Waals surface area contributed by atoms with Gasteiger partial charge in [0.15, 0.2) is 12.2 Å². The van der Waals surface area contributed by atoms with Gasteiger partial charge in [-0.15, -0.1) is 0 Å². The summed E-state index contributed by atoms with van der Waals surface area (Å²) in [6.45, 7) is 22.0. The van der Waals surface area contributed by atoms with Gasteiger partial charge in [0.2, 0.25) is 0 Å². The average molecular weight is 1270 g/mol. The van der Waals surface area contributed by atoms with Crippen LogP contribution in [0.2, 0.25) is 0 Å². The molecule has 0 aromatic heterocycles. The Kier molecular flexibility index (Phi) is 72.1. The average Bonchev–Trinajstić information content (AvgIpc) is 1.70. The predicted octanol–water partition coefficient (Wildman–Crippen LogP) is 17.8. The second-order valence-corrected chi connectivity index (χ2v) is 27.4. The Balaban J connectivity index is 0. The van der Waals surface area contributed by atoms with E-state index in [0.717, 1.165) is 64.2 Å². The van der Waals surface area contributed by atoms with E-state index in [9.17, 15) is 19.8 Å². The summed E-state index contributed by atoms with van der Waals surface area (Å²) in [6.07, 6.45) is 65.3. The molecule has 2 fully saturated rings. The molecule has 8 atom stereocenters. The first-order valence-corrected chi connectivity index (χ1v) is 38.9. The summed E-state index contributed by atoms with van der Waals surface area (Å²) in [7, 11) is 0. The molecular weight excluding hydrogens is 1120 g/mol. The minimum Gasteiger partial charge on any atom is -0.457 e. The number of fused-ring (bicyclic) bond motifs is 1. The minimum atomic E-state index is -0.528. The number of aliphatic hydroxyl groups excluding tert-OH is 4. The van der Waals surface area contributed by atoms with E-state index in [1.807, 2.05) is 0 Å². The van der Waals surface area contributed by atoms with Crippen LogP contribution in [0.5, 0.6) is 0 Å². The van der Waals surface area contributed by atoms with Crippen LogP contribution in [-0.4, -0.2) is 119 Å². The van der Waals surface area contributed by atoms with Crippen LogP contribution in [0.4, 0.5) is 0 Å². The molecule has 0 aromatic carbocycles. The van der Waals surface area contributed by atoms with Crippen LogP contribution in [0.1, 0.15) is 387 Å². The quantitative estimate of drug-likeness (QED) is 0.0199. The molecular formula is C78H152LiNO10-2. The first-order chi connectivity index (χ1) is 43.4. The number of hydrogen-bond donors (Lipinski definition) is 4. The fraction of sp³-hybridized carbons (Fsp3) is 0.936. The SMILES string of the molecule is [CH2-]C(O)CCCCCCCCCCCCCC.[CH2-]C(O)CCCCCCCCCCCCCC.[CH2-]CCC(=O)O[C@H]1CO[C@H]2[C@@H]1OC[C@H]2OC(=O)CCCN(CC(O)CCCCCCCCCCCCCC)CC(O)CCCCCCCCCCCCCC.[Li+]. The van der Waals surface area contributed by atoms with Crippen molar-refractivity contribution in [3.8, 4) is 0 Å². The van der Waals surface area contributed by atoms with E-state index in [4.69, 9.17) is 29.2 Å². The van der Waals surface area contributed by atoms with Crippen molar-refractivity contribution in [1.29, 1.82) is 0 Å². The van der Waals surface area contributed by atoms with Crippen LogP contribution < -0.4 is 18.9 Å². The van der Waals surface area contributed by atoms with Crippen LogP contribution in [0, 0.1) is 20.8 Å². The molecule has 2 saturated heterocycles. The Bertz CT molecular complexity index is 1370. The van der Waals surface area contributed by atoms with E-state index in [-0.39, 0.29) is 69.1 Å². The van der Waals surface area contributed by atoms with Gasteiger partial charge in [0.25, 0.3) is 0 Å². The maximum atomic E-state index is 12.9. The molecule has 0 radical (unpaired) electrons. The zero-order valence-electron chi connectivity index (χ0n) is 60.6. The summed E-state index contributed by atoms with van der Waals surface area (Å²) in [5.74, 6) is -0.638. The van der Waals surface area contributed by atoms with E-state index >= 15 is 0 Å². The van der Waals surface area contributed by atoms with E-state index < -0.39 is 36.6 Å². The summed E-state index contributed by atoms with van der Waals surface area (Å²) in [4.78, 5) is 27.0. The molecule has 0 amide bonds. The molecule has 532 valence electrons. The van der Waals surface area contributed by atoms with Crippen molar-refractivity contribution in [1.82, 2.24) is 4.90 Å². The van der Waals surface area contributed by atoms with Gasteiger partial charge in [0.05, 0.1) is 25.4 Å². The van der Waals surface area contributed by atoms with Gasteiger partial charge < -0.3 is 60.1 Å². The normalized spacial score (nSPS) is 17.4. The van der Waals surface area contributed by atoms with Gasteiger partial charge in [-0.2, -0.15) is 6.42 Å². The summed E-state index contributed by atoms with van der Waals surface area (Å²) < 4.78 is 22.9. The summed E-state index contributed by atoms with van der Waals surface area (Å²) in [5, 5.41) is 40.0. The van der Waals surface area contributed by atoms with Crippen LogP contribution in [-0.2, 0) is 28.5 Å². The molecule has 4 unspecified atom stereocenters.